The maximum absolute atomic E-state index is 12.4. The zero-order valence-electron chi connectivity index (χ0n) is 16.8. The molecule has 0 aliphatic rings. The SMILES string of the molecule is COC(=O)c1ccc(C(=O)OC)c(N/C=C(/C#N)C(=O)Nc2cccc(S(=O)(=O)O)c2)c1. The first kappa shape index (κ1) is 24.1. The molecule has 2 aromatic rings. The van der Waals surface area contributed by atoms with Gasteiger partial charge in [0.05, 0.1) is 35.9 Å². The Morgan fingerprint density at radius 2 is 1.75 bits per heavy atom. The van der Waals surface area contributed by atoms with Crippen molar-refractivity contribution in [2.75, 3.05) is 24.9 Å². The van der Waals surface area contributed by atoms with Crippen LogP contribution in [0.2, 0.25) is 0 Å². The molecule has 1 amide bonds. The number of carbonyl (C=O) groups excluding carboxylic acids is 3. The molecule has 32 heavy (non-hydrogen) atoms. The molecule has 166 valence electrons. The standard InChI is InChI=1S/C20H17N3O8S/c1-30-19(25)12-6-7-16(20(26)31-2)17(8-12)22-11-13(10-21)18(24)23-14-4-3-5-15(9-14)32(27,28)29/h3-9,11,22H,1-2H3,(H,23,24)(H,27,28,29)/b13-11-. The number of benzene rings is 2. The molecule has 0 spiro atoms. The average molecular weight is 459 g/mol. The van der Waals surface area contributed by atoms with E-state index in [1.54, 1.807) is 6.07 Å². The van der Waals surface area contributed by atoms with Crippen LogP contribution in [0.5, 0.6) is 0 Å². The molecule has 0 saturated carbocycles. The van der Waals surface area contributed by atoms with Crippen molar-refractivity contribution < 1.29 is 36.8 Å². The van der Waals surface area contributed by atoms with Gasteiger partial charge in [0.15, 0.2) is 0 Å². The summed E-state index contributed by atoms with van der Waals surface area (Å²) in [5.41, 5.74) is -0.250. The Morgan fingerprint density at radius 1 is 1.06 bits per heavy atom. The monoisotopic (exact) mass is 459 g/mol. The van der Waals surface area contributed by atoms with E-state index in [4.69, 9.17) is 4.55 Å². The fourth-order valence-corrected chi connectivity index (χ4v) is 2.95. The highest BCUT2D eigenvalue weighted by molar-refractivity contribution is 7.85. The van der Waals surface area contributed by atoms with Gasteiger partial charge in [0.2, 0.25) is 0 Å². The molecule has 0 aromatic heterocycles. The highest BCUT2D eigenvalue weighted by Gasteiger charge is 2.17. The van der Waals surface area contributed by atoms with Gasteiger partial charge in [0, 0.05) is 11.9 Å². The van der Waals surface area contributed by atoms with Crippen molar-refractivity contribution in [3.8, 4) is 6.07 Å². The van der Waals surface area contributed by atoms with Gasteiger partial charge < -0.3 is 20.1 Å². The fourth-order valence-electron chi connectivity index (χ4n) is 2.43. The molecule has 3 N–H and O–H groups in total. The van der Waals surface area contributed by atoms with E-state index in [9.17, 15) is 28.1 Å². The zero-order valence-corrected chi connectivity index (χ0v) is 17.6. The van der Waals surface area contributed by atoms with Crippen LogP contribution in [0.3, 0.4) is 0 Å². The van der Waals surface area contributed by atoms with Gasteiger partial charge in [-0.2, -0.15) is 13.7 Å². The third kappa shape index (κ3) is 5.91. The van der Waals surface area contributed by atoms with Crippen molar-refractivity contribution in [3.05, 3.63) is 65.4 Å². The highest BCUT2D eigenvalue weighted by Crippen LogP contribution is 2.21. The molecule has 2 rings (SSSR count). The number of nitrogens with zero attached hydrogens (tertiary/aromatic N) is 1. The molecule has 0 saturated heterocycles. The lowest BCUT2D eigenvalue weighted by Gasteiger charge is -2.10. The summed E-state index contributed by atoms with van der Waals surface area (Å²) in [6, 6.07) is 10.3. The quantitative estimate of drug-likeness (QED) is 0.240. The van der Waals surface area contributed by atoms with Crippen molar-refractivity contribution in [3.63, 3.8) is 0 Å². The van der Waals surface area contributed by atoms with Gasteiger partial charge in [-0.25, -0.2) is 9.59 Å². The molecule has 0 unspecified atom stereocenters. The van der Waals surface area contributed by atoms with Gasteiger partial charge in [0.1, 0.15) is 11.6 Å². The Balaban J connectivity index is 2.32. The van der Waals surface area contributed by atoms with Crippen molar-refractivity contribution in [1.29, 1.82) is 5.26 Å². The number of methoxy groups -OCH3 is 2. The maximum Gasteiger partial charge on any atom is 0.339 e. The molecule has 0 radical (unpaired) electrons. The van der Waals surface area contributed by atoms with E-state index in [1.807, 2.05) is 0 Å². The van der Waals surface area contributed by atoms with Gasteiger partial charge in [0.25, 0.3) is 16.0 Å². The minimum absolute atomic E-state index is 0.00853. The predicted molar refractivity (Wildman–Crippen MR) is 111 cm³/mol. The van der Waals surface area contributed by atoms with Crippen LogP contribution >= 0.6 is 0 Å². The number of ether oxygens (including phenoxy) is 2. The maximum atomic E-state index is 12.4. The smallest absolute Gasteiger partial charge is 0.339 e. The lowest BCUT2D eigenvalue weighted by Crippen LogP contribution is -2.15. The minimum Gasteiger partial charge on any atom is -0.465 e. The van der Waals surface area contributed by atoms with E-state index < -0.39 is 38.4 Å². The summed E-state index contributed by atoms with van der Waals surface area (Å²) in [5, 5.41) is 14.3. The number of carbonyl (C=O) groups is 3. The number of nitriles is 1. The number of esters is 2. The number of rotatable bonds is 7. The van der Waals surface area contributed by atoms with E-state index in [2.05, 4.69) is 20.1 Å². The fraction of sp³-hybridized carbons (Fsp3) is 0.100. The summed E-state index contributed by atoms with van der Waals surface area (Å²) in [7, 11) is -2.15. The molecule has 0 aliphatic heterocycles. The van der Waals surface area contributed by atoms with Crippen LogP contribution < -0.4 is 10.6 Å². The van der Waals surface area contributed by atoms with Crippen LogP contribution in [-0.4, -0.2) is 45.0 Å². The van der Waals surface area contributed by atoms with E-state index in [0.717, 1.165) is 25.4 Å². The summed E-state index contributed by atoms with van der Waals surface area (Å²) < 4.78 is 40.9. The van der Waals surface area contributed by atoms with Crippen LogP contribution in [0, 0.1) is 11.3 Å². The third-order valence-electron chi connectivity index (χ3n) is 3.97. The highest BCUT2D eigenvalue weighted by atomic mass is 32.2. The molecule has 12 heteroatoms. The normalized spacial score (nSPS) is 11.1. The molecule has 0 bridgehead atoms. The van der Waals surface area contributed by atoms with Crippen LogP contribution in [0.1, 0.15) is 20.7 Å². The second-order valence-electron chi connectivity index (χ2n) is 6.01. The largest absolute Gasteiger partial charge is 0.465 e. The molecular weight excluding hydrogens is 442 g/mol. The first-order valence-electron chi connectivity index (χ1n) is 8.67. The molecule has 0 heterocycles. The number of nitrogens with one attached hydrogen (secondary N) is 2. The van der Waals surface area contributed by atoms with Crippen LogP contribution in [0.15, 0.2) is 59.1 Å². The van der Waals surface area contributed by atoms with Crippen LogP contribution in [0.25, 0.3) is 0 Å². The Morgan fingerprint density at radius 3 is 2.34 bits per heavy atom. The van der Waals surface area contributed by atoms with Crippen molar-refractivity contribution in [1.82, 2.24) is 0 Å². The molecular formula is C20H17N3O8S. The first-order chi connectivity index (χ1) is 15.1. The Kier molecular flexibility index (Phi) is 7.67. The molecule has 11 nitrogen and oxygen atoms in total. The second kappa shape index (κ2) is 10.2. The number of hydrogen-bond acceptors (Lipinski definition) is 9. The summed E-state index contributed by atoms with van der Waals surface area (Å²) in [4.78, 5) is 35.7. The van der Waals surface area contributed by atoms with Crippen molar-refractivity contribution in [2.45, 2.75) is 4.90 Å². The summed E-state index contributed by atoms with van der Waals surface area (Å²) in [6.45, 7) is 0. The Labute approximate surface area is 183 Å². The van der Waals surface area contributed by atoms with Crippen molar-refractivity contribution >= 4 is 39.3 Å². The summed E-state index contributed by atoms with van der Waals surface area (Å²) >= 11 is 0. The lowest BCUT2D eigenvalue weighted by atomic mass is 10.1. The van der Waals surface area contributed by atoms with E-state index in [-0.39, 0.29) is 22.5 Å². The zero-order chi connectivity index (χ0) is 23.9. The number of hydrogen-bond donors (Lipinski definition) is 3. The van der Waals surface area contributed by atoms with E-state index in [1.165, 1.54) is 37.4 Å². The Hall–Kier alpha value is -4.21. The van der Waals surface area contributed by atoms with Gasteiger partial charge in [-0.3, -0.25) is 9.35 Å². The molecule has 0 aliphatic carbocycles. The topological polar surface area (TPSA) is 172 Å². The first-order valence-corrected chi connectivity index (χ1v) is 10.1. The average Bonchev–Trinajstić information content (AvgIpc) is 2.77. The second-order valence-corrected chi connectivity index (χ2v) is 7.44. The van der Waals surface area contributed by atoms with Crippen LogP contribution in [0.4, 0.5) is 11.4 Å². The molecule has 2 aromatic carbocycles. The van der Waals surface area contributed by atoms with Crippen molar-refractivity contribution in [2.24, 2.45) is 0 Å². The summed E-state index contributed by atoms with van der Waals surface area (Å²) in [6.07, 6.45) is 0.991. The van der Waals surface area contributed by atoms with E-state index in [0.29, 0.717) is 0 Å². The summed E-state index contributed by atoms with van der Waals surface area (Å²) in [5.74, 6) is -2.32. The Bertz CT molecular complexity index is 1250. The molecule has 0 atom stereocenters. The number of amides is 1. The van der Waals surface area contributed by atoms with Gasteiger partial charge in [-0.1, -0.05) is 6.07 Å². The minimum atomic E-state index is -4.49. The number of anilines is 2. The van der Waals surface area contributed by atoms with Gasteiger partial charge >= 0.3 is 11.9 Å². The third-order valence-corrected chi connectivity index (χ3v) is 4.82. The van der Waals surface area contributed by atoms with Crippen LogP contribution in [-0.2, 0) is 24.4 Å². The van der Waals surface area contributed by atoms with Gasteiger partial charge in [-0.15, -0.1) is 0 Å². The predicted octanol–water partition coefficient (Wildman–Crippen LogP) is 1.96. The molecule has 0 fully saturated rings. The van der Waals surface area contributed by atoms with Gasteiger partial charge in [-0.05, 0) is 36.4 Å². The lowest BCUT2D eigenvalue weighted by molar-refractivity contribution is -0.112. The van der Waals surface area contributed by atoms with E-state index >= 15 is 0 Å².